The predicted octanol–water partition coefficient (Wildman–Crippen LogP) is 2.47. The lowest BCUT2D eigenvalue weighted by Gasteiger charge is -2.02. The molecular formula is C10H6BrNO5. The lowest BCUT2D eigenvalue weighted by atomic mass is 10.3. The van der Waals surface area contributed by atoms with Crippen LogP contribution in [0.1, 0.15) is 0 Å². The lowest BCUT2D eigenvalue weighted by molar-refractivity contribution is -0.384. The average molecular weight is 300 g/mol. The third kappa shape index (κ3) is 4.53. The van der Waals surface area contributed by atoms with Gasteiger partial charge in [-0.1, -0.05) is 0 Å². The van der Waals surface area contributed by atoms with Crippen LogP contribution in [0.2, 0.25) is 0 Å². The maximum absolute atomic E-state index is 11.0. The minimum Gasteiger partial charge on any atom is -0.421 e. The van der Waals surface area contributed by atoms with Gasteiger partial charge in [0.05, 0.1) is 4.92 Å². The smallest absolute Gasteiger partial charge is 0.421 e. The monoisotopic (exact) mass is 299 g/mol. The molecule has 0 radical (unpaired) electrons. The van der Waals surface area contributed by atoms with E-state index >= 15 is 0 Å². The number of benzene rings is 1. The molecule has 0 heterocycles. The zero-order valence-electron chi connectivity index (χ0n) is 8.38. The second kappa shape index (κ2) is 6.50. The van der Waals surface area contributed by atoms with Crippen LogP contribution in [-0.4, -0.2) is 17.7 Å². The van der Waals surface area contributed by atoms with Crippen LogP contribution in [0, 0.1) is 20.9 Å². The molecule has 0 amide bonds. The molecule has 0 fully saturated rings. The van der Waals surface area contributed by atoms with Crippen molar-refractivity contribution in [1.82, 2.24) is 0 Å². The van der Waals surface area contributed by atoms with E-state index in [-0.39, 0.29) is 18.0 Å². The van der Waals surface area contributed by atoms with Gasteiger partial charge in [-0.3, -0.25) is 10.1 Å². The number of ether oxygens (including phenoxy) is 2. The maximum atomic E-state index is 11.0. The van der Waals surface area contributed by atoms with Gasteiger partial charge in [-0.2, -0.15) is 0 Å². The second-order valence-electron chi connectivity index (χ2n) is 2.66. The largest absolute Gasteiger partial charge is 0.514 e. The van der Waals surface area contributed by atoms with Crippen LogP contribution in [0.5, 0.6) is 5.75 Å². The highest BCUT2D eigenvalue weighted by molar-refractivity contribution is 9.12. The van der Waals surface area contributed by atoms with E-state index in [2.05, 4.69) is 31.4 Å². The summed E-state index contributed by atoms with van der Waals surface area (Å²) in [5, 5.41) is 10.4. The summed E-state index contributed by atoms with van der Waals surface area (Å²) < 4.78 is 9.29. The Morgan fingerprint density at radius 3 is 2.59 bits per heavy atom. The third-order valence-electron chi connectivity index (χ3n) is 1.58. The van der Waals surface area contributed by atoms with Gasteiger partial charge in [0.25, 0.3) is 5.69 Å². The van der Waals surface area contributed by atoms with Crippen LogP contribution in [0.4, 0.5) is 10.5 Å². The van der Waals surface area contributed by atoms with E-state index in [9.17, 15) is 14.9 Å². The first-order valence-corrected chi connectivity index (χ1v) is 5.10. The van der Waals surface area contributed by atoms with Crippen molar-refractivity contribution in [2.75, 3.05) is 6.61 Å². The fourth-order valence-electron chi connectivity index (χ4n) is 0.884. The van der Waals surface area contributed by atoms with Gasteiger partial charge in [0.2, 0.25) is 0 Å². The van der Waals surface area contributed by atoms with Crippen molar-refractivity contribution in [1.29, 1.82) is 0 Å². The molecule has 1 aromatic carbocycles. The Morgan fingerprint density at radius 1 is 1.41 bits per heavy atom. The highest BCUT2D eigenvalue weighted by atomic mass is 79.9. The van der Waals surface area contributed by atoms with Gasteiger partial charge in [-0.15, -0.1) is 0 Å². The summed E-state index contributed by atoms with van der Waals surface area (Å²) in [6.07, 6.45) is -0.922. The highest BCUT2D eigenvalue weighted by Crippen LogP contribution is 2.17. The predicted molar refractivity (Wildman–Crippen MR) is 61.8 cm³/mol. The molecule has 88 valence electrons. The van der Waals surface area contributed by atoms with E-state index in [1.165, 1.54) is 24.3 Å². The normalized spacial score (nSPS) is 8.76. The molecule has 0 aliphatic heterocycles. The first kappa shape index (κ1) is 13.0. The summed E-state index contributed by atoms with van der Waals surface area (Å²) in [4.78, 5) is 23.2. The molecule has 0 saturated carbocycles. The van der Waals surface area contributed by atoms with Crippen LogP contribution in [0.3, 0.4) is 0 Å². The van der Waals surface area contributed by atoms with E-state index in [1.807, 2.05) is 0 Å². The second-order valence-corrected chi connectivity index (χ2v) is 3.06. The Hall–Kier alpha value is -2.07. The molecule has 1 aromatic rings. The Bertz CT molecular complexity index is 474. The van der Waals surface area contributed by atoms with Crippen molar-refractivity contribution in [3.05, 3.63) is 34.4 Å². The maximum Gasteiger partial charge on any atom is 0.514 e. The average Bonchev–Trinajstić information content (AvgIpc) is 2.30. The summed E-state index contributed by atoms with van der Waals surface area (Å²) in [7, 11) is 0. The molecule has 0 aromatic heterocycles. The van der Waals surface area contributed by atoms with Crippen molar-refractivity contribution >= 4 is 27.8 Å². The number of nitro benzene ring substituents is 1. The standard InChI is InChI=1S/C10H6BrNO5/c11-6-1-7-16-10(13)17-9-4-2-8(3-5-9)12(14)15/h2-5H,7H2. The number of carbonyl (C=O) groups is 1. The summed E-state index contributed by atoms with van der Waals surface area (Å²) in [6, 6.07) is 5.05. The number of nitro groups is 1. The molecule has 0 atom stereocenters. The molecule has 7 heteroatoms. The van der Waals surface area contributed by atoms with Crippen molar-refractivity contribution in [2.45, 2.75) is 0 Å². The van der Waals surface area contributed by atoms with E-state index < -0.39 is 11.1 Å². The Morgan fingerprint density at radius 2 is 2.06 bits per heavy atom. The fraction of sp³-hybridized carbons (Fsp3) is 0.100. The van der Waals surface area contributed by atoms with Crippen LogP contribution in [0.25, 0.3) is 0 Å². The van der Waals surface area contributed by atoms with Crippen LogP contribution in [0.15, 0.2) is 24.3 Å². The van der Waals surface area contributed by atoms with E-state index in [4.69, 9.17) is 4.74 Å². The molecule has 0 aliphatic carbocycles. The van der Waals surface area contributed by atoms with Gasteiger partial charge in [0.1, 0.15) is 5.75 Å². The zero-order valence-corrected chi connectivity index (χ0v) is 9.97. The number of hydrogen-bond acceptors (Lipinski definition) is 5. The van der Waals surface area contributed by atoms with E-state index in [1.54, 1.807) is 0 Å². The van der Waals surface area contributed by atoms with Gasteiger partial charge in [-0.05, 0) is 22.9 Å². The summed E-state index contributed by atoms with van der Waals surface area (Å²) in [5.74, 6) is 2.60. The molecule has 17 heavy (non-hydrogen) atoms. The lowest BCUT2D eigenvalue weighted by Crippen LogP contribution is -2.10. The van der Waals surface area contributed by atoms with Gasteiger partial charge in [0.15, 0.2) is 6.61 Å². The van der Waals surface area contributed by atoms with Gasteiger partial charge >= 0.3 is 6.16 Å². The topological polar surface area (TPSA) is 78.7 Å². The van der Waals surface area contributed by atoms with Crippen LogP contribution >= 0.6 is 15.9 Å². The van der Waals surface area contributed by atoms with Crippen molar-refractivity contribution < 1.29 is 19.2 Å². The molecule has 1 rings (SSSR count). The first-order valence-electron chi connectivity index (χ1n) is 4.31. The number of halogens is 1. The molecular weight excluding hydrogens is 294 g/mol. The Balaban J connectivity index is 2.53. The number of nitrogens with zero attached hydrogens (tertiary/aromatic N) is 1. The molecule has 0 N–H and O–H groups in total. The first-order chi connectivity index (χ1) is 8.13. The molecule has 0 unspecified atom stereocenters. The summed E-state index contributed by atoms with van der Waals surface area (Å²) >= 11 is 2.83. The van der Waals surface area contributed by atoms with Crippen LogP contribution < -0.4 is 4.74 Å². The molecule has 0 bridgehead atoms. The molecule has 0 aliphatic rings. The molecule has 0 saturated heterocycles. The molecule has 0 spiro atoms. The third-order valence-corrected chi connectivity index (χ3v) is 1.86. The Labute approximate surface area is 105 Å². The number of hydrogen-bond donors (Lipinski definition) is 0. The SMILES string of the molecule is O=C(OCC#CBr)Oc1ccc([N+](=O)[O-])cc1. The number of carbonyl (C=O) groups excluding carboxylic acids is 1. The highest BCUT2D eigenvalue weighted by Gasteiger charge is 2.08. The van der Waals surface area contributed by atoms with Gasteiger partial charge in [-0.25, -0.2) is 4.79 Å². The van der Waals surface area contributed by atoms with Gasteiger partial charge in [0, 0.05) is 28.1 Å². The van der Waals surface area contributed by atoms with Gasteiger partial charge < -0.3 is 9.47 Å². The summed E-state index contributed by atoms with van der Waals surface area (Å²) in [5.41, 5.74) is -0.0872. The number of rotatable bonds is 3. The van der Waals surface area contributed by atoms with Crippen molar-refractivity contribution in [3.63, 3.8) is 0 Å². The fourth-order valence-corrected chi connectivity index (χ4v) is 0.998. The minimum atomic E-state index is -0.922. The van der Waals surface area contributed by atoms with E-state index in [0.29, 0.717) is 0 Å². The summed E-state index contributed by atoms with van der Waals surface area (Å²) in [6.45, 7) is -0.100. The van der Waals surface area contributed by atoms with Crippen molar-refractivity contribution in [2.24, 2.45) is 0 Å². The van der Waals surface area contributed by atoms with Crippen LogP contribution in [-0.2, 0) is 4.74 Å². The van der Waals surface area contributed by atoms with E-state index in [0.717, 1.165) is 0 Å². The quantitative estimate of drug-likeness (QED) is 0.282. The minimum absolute atomic E-state index is 0.0872. The number of non-ortho nitro benzene ring substituents is 1. The van der Waals surface area contributed by atoms with Crippen molar-refractivity contribution in [3.8, 4) is 16.5 Å². The Kier molecular flexibility index (Phi) is 4.97. The molecule has 6 nitrogen and oxygen atoms in total. The zero-order chi connectivity index (χ0) is 12.7.